The van der Waals surface area contributed by atoms with Crippen molar-refractivity contribution < 1.29 is 13.2 Å². The van der Waals surface area contributed by atoms with E-state index in [0.717, 1.165) is 38.5 Å². The molecule has 1 heterocycles. The fourth-order valence-corrected chi connectivity index (χ4v) is 4.38. The van der Waals surface area contributed by atoms with Crippen molar-refractivity contribution >= 4 is 15.9 Å². The van der Waals surface area contributed by atoms with Crippen LogP contribution >= 0.6 is 0 Å². The van der Waals surface area contributed by atoms with E-state index < -0.39 is 15.3 Å². The molecule has 2 rings (SSSR count). The molecule has 5 nitrogen and oxygen atoms in total. The highest BCUT2D eigenvalue weighted by molar-refractivity contribution is 7.89. The van der Waals surface area contributed by atoms with Crippen LogP contribution in [-0.4, -0.2) is 37.6 Å². The van der Waals surface area contributed by atoms with Crippen molar-refractivity contribution in [1.29, 1.82) is 0 Å². The van der Waals surface area contributed by atoms with E-state index in [2.05, 4.69) is 6.92 Å². The first-order valence-electron chi connectivity index (χ1n) is 7.20. The Labute approximate surface area is 115 Å². The molecule has 110 valence electrons. The molecule has 1 saturated heterocycles. The van der Waals surface area contributed by atoms with Crippen LogP contribution < -0.4 is 5.14 Å². The first kappa shape index (κ1) is 14.8. The van der Waals surface area contributed by atoms with Crippen molar-refractivity contribution in [3.63, 3.8) is 0 Å². The summed E-state index contributed by atoms with van der Waals surface area (Å²) in [6, 6.07) is 0. The molecule has 2 fully saturated rings. The smallest absolute Gasteiger partial charge is 0.228 e. The second kappa shape index (κ2) is 5.40. The predicted molar refractivity (Wildman–Crippen MR) is 73.9 cm³/mol. The molecule has 1 amide bonds. The SMILES string of the molecule is CCC1(C(=O)N2CCCC(S(N)(=O)=O)C2)CCCC1. The van der Waals surface area contributed by atoms with Crippen molar-refractivity contribution in [2.75, 3.05) is 13.1 Å². The van der Waals surface area contributed by atoms with E-state index in [4.69, 9.17) is 5.14 Å². The van der Waals surface area contributed by atoms with Gasteiger partial charge in [0.2, 0.25) is 15.9 Å². The molecule has 0 aromatic carbocycles. The number of likely N-dealkylation sites (tertiary alicyclic amines) is 1. The van der Waals surface area contributed by atoms with Gasteiger partial charge in [-0.2, -0.15) is 0 Å². The quantitative estimate of drug-likeness (QED) is 0.848. The second-order valence-corrected chi connectivity index (χ2v) is 7.79. The van der Waals surface area contributed by atoms with Gasteiger partial charge in [0.25, 0.3) is 0 Å². The number of carbonyl (C=O) groups is 1. The van der Waals surface area contributed by atoms with Crippen molar-refractivity contribution in [3.8, 4) is 0 Å². The summed E-state index contributed by atoms with van der Waals surface area (Å²) in [7, 11) is -3.54. The Morgan fingerprint density at radius 1 is 1.32 bits per heavy atom. The maximum Gasteiger partial charge on any atom is 0.228 e. The van der Waals surface area contributed by atoms with Crippen LogP contribution in [0, 0.1) is 5.41 Å². The minimum atomic E-state index is -3.54. The standard InChI is InChI=1S/C13H24N2O3S/c1-2-13(7-3-4-8-13)12(16)15-9-5-6-11(10-15)19(14,17)18/h11H,2-10H2,1H3,(H2,14,17,18). The molecule has 2 N–H and O–H groups in total. The van der Waals surface area contributed by atoms with Gasteiger partial charge >= 0.3 is 0 Å². The van der Waals surface area contributed by atoms with Crippen LogP contribution in [-0.2, 0) is 14.8 Å². The molecule has 1 atom stereocenters. The van der Waals surface area contributed by atoms with E-state index in [1.54, 1.807) is 4.90 Å². The Hall–Kier alpha value is -0.620. The van der Waals surface area contributed by atoms with Gasteiger partial charge in [-0.05, 0) is 32.1 Å². The second-order valence-electron chi connectivity index (χ2n) is 5.95. The lowest BCUT2D eigenvalue weighted by atomic mass is 9.81. The van der Waals surface area contributed by atoms with Gasteiger partial charge in [0.05, 0.1) is 5.25 Å². The molecule has 1 unspecified atom stereocenters. The van der Waals surface area contributed by atoms with Gasteiger partial charge in [0.15, 0.2) is 0 Å². The highest BCUT2D eigenvalue weighted by atomic mass is 32.2. The molecular weight excluding hydrogens is 264 g/mol. The number of nitrogens with two attached hydrogens (primary N) is 1. The molecule has 1 aliphatic carbocycles. The fraction of sp³-hybridized carbons (Fsp3) is 0.923. The summed E-state index contributed by atoms with van der Waals surface area (Å²) in [5.74, 6) is 0.154. The van der Waals surface area contributed by atoms with Crippen LogP contribution in [0.25, 0.3) is 0 Å². The Bertz CT molecular complexity index is 441. The number of sulfonamides is 1. The number of carbonyl (C=O) groups excluding carboxylic acids is 1. The molecule has 0 radical (unpaired) electrons. The van der Waals surface area contributed by atoms with E-state index >= 15 is 0 Å². The Balaban J connectivity index is 2.11. The summed E-state index contributed by atoms with van der Waals surface area (Å²) in [4.78, 5) is 14.5. The summed E-state index contributed by atoms with van der Waals surface area (Å²) in [5.41, 5.74) is -0.236. The van der Waals surface area contributed by atoms with E-state index in [0.29, 0.717) is 13.0 Å². The number of nitrogens with zero attached hydrogens (tertiary/aromatic N) is 1. The fourth-order valence-electron chi connectivity index (χ4n) is 3.50. The molecule has 6 heteroatoms. The monoisotopic (exact) mass is 288 g/mol. The Kier molecular flexibility index (Phi) is 4.20. The Morgan fingerprint density at radius 2 is 1.95 bits per heavy atom. The van der Waals surface area contributed by atoms with Gasteiger partial charge in [-0.25, -0.2) is 13.6 Å². The minimum absolute atomic E-state index is 0.154. The van der Waals surface area contributed by atoms with E-state index in [-0.39, 0.29) is 17.9 Å². The molecule has 0 bridgehead atoms. The largest absolute Gasteiger partial charge is 0.341 e. The van der Waals surface area contributed by atoms with Crippen LogP contribution in [0.5, 0.6) is 0 Å². The van der Waals surface area contributed by atoms with E-state index in [9.17, 15) is 13.2 Å². The average Bonchev–Trinajstić information content (AvgIpc) is 2.87. The van der Waals surface area contributed by atoms with Gasteiger partial charge in [-0.15, -0.1) is 0 Å². The lowest BCUT2D eigenvalue weighted by Gasteiger charge is -2.38. The summed E-state index contributed by atoms with van der Waals surface area (Å²) in [6.07, 6.45) is 6.24. The third kappa shape index (κ3) is 2.94. The third-order valence-electron chi connectivity index (χ3n) is 4.82. The van der Waals surface area contributed by atoms with Crippen LogP contribution in [0.15, 0.2) is 0 Å². The average molecular weight is 288 g/mol. The van der Waals surface area contributed by atoms with Crippen LogP contribution in [0.4, 0.5) is 0 Å². The summed E-state index contributed by atoms with van der Waals surface area (Å²) >= 11 is 0. The normalized spacial score (nSPS) is 27.5. The summed E-state index contributed by atoms with van der Waals surface area (Å²) in [5, 5.41) is 4.64. The van der Waals surface area contributed by atoms with Gasteiger partial charge in [0, 0.05) is 18.5 Å². The first-order valence-corrected chi connectivity index (χ1v) is 8.81. The molecule has 0 aromatic heterocycles. The molecule has 19 heavy (non-hydrogen) atoms. The number of primary sulfonamides is 1. The zero-order valence-electron chi connectivity index (χ0n) is 11.6. The van der Waals surface area contributed by atoms with Crippen molar-refractivity contribution in [3.05, 3.63) is 0 Å². The van der Waals surface area contributed by atoms with E-state index in [1.807, 2.05) is 0 Å². The van der Waals surface area contributed by atoms with Gasteiger partial charge in [-0.3, -0.25) is 4.79 Å². The molecule has 0 aromatic rings. The zero-order chi connectivity index (χ0) is 14.1. The van der Waals surface area contributed by atoms with Crippen molar-refractivity contribution in [2.45, 2.75) is 57.1 Å². The van der Waals surface area contributed by atoms with Crippen LogP contribution in [0.3, 0.4) is 0 Å². The number of hydrogen-bond donors (Lipinski definition) is 1. The number of piperidine rings is 1. The summed E-state index contributed by atoms with van der Waals surface area (Å²) < 4.78 is 22.9. The lowest BCUT2D eigenvalue weighted by molar-refractivity contribution is -0.143. The maximum absolute atomic E-state index is 12.7. The Morgan fingerprint density at radius 3 is 2.47 bits per heavy atom. The van der Waals surface area contributed by atoms with Gasteiger partial charge in [-0.1, -0.05) is 19.8 Å². The molecule has 0 spiro atoms. The molecule has 1 saturated carbocycles. The van der Waals surface area contributed by atoms with Gasteiger partial charge < -0.3 is 4.90 Å². The molecule has 2 aliphatic rings. The number of rotatable bonds is 3. The number of amides is 1. The molecule has 1 aliphatic heterocycles. The lowest BCUT2D eigenvalue weighted by Crippen LogP contribution is -2.51. The van der Waals surface area contributed by atoms with Crippen molar-refractivity contribution in [2.24, 2.45) is 10.6 Å². The highest BCUT2D eigenvalue weighted by Crippen LogP contribution is 2.43. The maximum atomic E-state index is 12.7. The topological polar surface area (TPSA) is 80.5 Å². The minimum Gasteiger partial charge on any atom is -0.341 e. The van der Waals surface area contributed by atoms with Crippen molar-refractivity contribution in [1.82, 2.24) is 4.90 Å². The zero-order valence-corrected chi connectivity index (χ0v) is 12.4. The first-order chi connectivity index (χ1) is 8.89. The van der Waals surface area contributed by atoms with E-state index in [1.165, 1.54) is 0 Å². The highest BCUT2D eigenvalue weighted by Gasteiger charge is 2.43. The third-order valence-corrected chi connectivity index (χ3v) is 6.14. The molecular formula is C13H24N2O3S. The predicted octanol–water partition coefficient (Wildman–Crippen LogP) is 1.24. The summed E-state index contributed by atoms with van der Waals surface area (Å²) in [6.45, 7) is 3.01. The van der Waals surface area contributed by atoms with Crippen LogP contribution in [0.2, 0.25) is 0 Å². The number of hydrogen-bond acceptors (Lipinski definition) is 3. The van der Waals surface area contributed by atoms with Gasteiger partial charge in [0.1, 0.15) is 0 Å². The van der Waals surface area contributed by atoms with Crippen LogP contribution in [0.1, 0.15) is 51.9 Å².